The van der Waals surface area contributed by atoms with E-state index in [9.17, 15) is 5.11 Å². The maximum Gasteiger partial charge on any atom is 0.187 e. The molecule has 1 aromatic rings. The Balaban J connectivity index is 2.51. The molecule has 3 N–H and O–H groups in total. The molecule has 7 heteroatoms. The van der Waals surface area contributed by atoms with E-state index in [1.807, 2.05) is 0 Å². The van der Waals surface area contributed by atoms with Crippen molar-refractivity contribution in [1.82, 2.24) is 10.7 Å². The molecule has 0 spiro atoms. The van der Waals surface area contributed by atoms with Crippen LogP contribution in [0.4, 0.5) is 0 Å². The molecule has 0 aliphatic rings. The van der Waals surface area contributed by atoms with E-state index in [4.69, 9.17) is 21.7 Å². The number of nitrogens with zero attached hydrogens (tertiary/aromatic N) is 1. The second kappa shape index (κ2) is 8.28. The topological polar surface area (TPSA) is 75.1 Å². The number of methoxy groups -OCH3 is 2. The quantitative estimate of drug-likeness (QED) is 0.311. The largest absolute Gasteiger partial charge is 0.504 e. The van der Waals surface area contributed by atoms with Crippen molar-refractivity contribution in [3.05, 3.63) is 23.8 Å². The van der Waals surface area contributed by atoms with E-state index < -0.39 is 0 Å². The van der Waals surface area contributed by atoms with Gasteiger partial charge in [-0.15, -0.1) is 0 Å². The van der Waals surface area contributed by atoms with Gasteiger partial charge < -0.3 is 19.9 Å². The maximum atomic E-state index is 9.82. The minimum Gasteiger partial charge on any atom is -0.504 e. The zero-order chi connectivity index (χ0) is 14.1. The lowest BCUT2D eigenvalue weighted by atomic mass is 10.2. The summed E-state index contributed by atoms with van der Waals surface area (Å²) in [5.74, 6) is 0.429. The van der Waals surface area contributed by atoms with Crippen molar-refractivity contribution in [1.29, 1.82) is 0 Å². The van der Waals surface area contributed by atoms with Crippen LogP contribution in [0.25, 0.3) is 0 Å². The molecule has 1 rings (SSSR count). The second-order valence-electron chi connectivity index (χ2n) is 3.52. The number of rotatable bonds is 6. The molecule has 0 saturated heterocycles. The Morgan fingerprint density at radius 2 is 2.26 bits per heavy atom. The number of phenolic OH excluding ortho intramolecular Hbond substituents is 1. The molecule has 0 bridgehead atoms. The normalized spacial score (nSPS) is 10.4. The summed E-state index contributed by atoms with van der Waals surface area (Å²) in [4.78, 5) is 0. The second-order valence-corrected chi connectivity index (χ2v) is 3.93. The standard InChI is InChI=1S/C12H17N3O3S/c1-17-7-6-13-12(19)15-14-8-9-4-3-5-10(18-2)11(9)16/h3-5,8,16H,6-7H2,1-2H3,(H2,13,15,19)/b14-8+. The Morgan fingerprint density at radius 1 is 1.47 bits per heavy atom. The van der Waals surface area contributed by atoms with Gasteiger partial charge in [-0.2, -0.15) is 5.10 Å². The summed E-state index contributed by atoms with van der Waals surface area (Å²) in [6, 6.07) is 5.14. The highest BCUT2D eigenvalue weighted by atomic mass is 32.1. The number of thiocarbonyl (C=S) groups is 1. The third-order valence-corrected chi connectivity index (χ3v) is 2.45. The van der Waals surface area contributed by atoms with E-state index in [-0.39, 0.29) is 5.75 Å². The smallest absolute Gasteiger partial charge is 0.187 e. The van der Waals surface area contributed by atoms with Gasteiger partial charge in [0, 0.05) is 19.2 Å². The first-order chi connectivity index (χ1) is 9.19. The molecule has 0 amide bonds. The molecule has 0 aliphatic heterocycles. The molecule has 0 unspecified atom stereocenters. The zero-order valence-electron chi connectivity index (χ0n) is 10.8. The first-order valence-corrected chi connectivity index (χ1v) is 6.01. The van der Waals surface area contributed by atoms with Crippen LogP contribution in [0, 0.1) is 0 Å². The van der Waals surface area contributed by atoms with E-state index in [1.165, 1.54) is 13.3 Å². The summed E-state index contributed by atoms with van der Waals surface area (Å²) >= 11 is 4.99. The van der Waals surface area contributed by atoms with Crippen LogP contribution in [0.5, 0.6) is 11.5 Å². The molecule has 0 aliphatic carbocycles. The number of para-hydroxylation sites is 1. The van der Waals surface area contributed by atoms with Crippen molar-refractivity contribution in [2.24, 2.45) is 5.10 Å². The van der Waals surface area contributed by atoms with Gasteiger partial charge in [-0.3, -0.25) is 5.43 Å². The van der Waals surface area contributed by atoms with E-state index in [1.54, 1.807) is 25.3 Å². The summed E-state index contributed by atoms with van der Waals surface area (Å²) in [5, 5.41) is 17.0. The molecule has 0 radical (unpaired) electrons. The molecule has 104 valence electrons. The molecule has 0 atom stereocenters. The predicted molar refractivity (Wildman–Crippen MR) is 77.9 cm³/mol. The lowest BCUT2D eigenvalue weighted by Gasteiger charge is -2.06. The molecule has 6 nitrogen and oxygen atoms in total. The number of hydrazone groups is 1. The van der Waals surface area contributed by atoms with E-state index >= 15 is 0 Å². The minimum atomic E-state index is 0.0359. The highest BCUT2D eigenvalue weighted by Crippen LogP contribution is 2.27. The SMILES string of the molecule is COCCNC(=S)N/N=C/c1cccc(OC)c1O. The number of ether oxygens (including phenoxy) is 2. The summed E-state index contributed by atoms with van der Waals surface area (Å²) in [6.45, 7) is 1.16. The van der Waals surface area contributed by atoms with Crippen LogP contribution in [-0.2, 0) is 4.74 Å². The van der Waals surface area contributed by atoms with Gasteiger partial charge in [-0.25, -0.2) is 0 Å². The minimum absolute atomic E-state index is 0.0359. The molecular formula is C12H17N3O3S. The molecule has 0 heterocycles. The lowest BCUT2D eigenvalue weighted by Crippen LogP contribution is -2.34. The van der Waals surface area contributed by atoms with E-state index in [0.717, 1.165) is 0 Å². The van der Waals surface area contributed by atoms with Crippen molar-refractivity contribution in [2.45, 2.75) is 0 Å². The van der Waals surface area contributed by atoms with Crippen molar-refractivity contribution in [2.75, 3.05) is 27.4 Å². The van der Waals surface area contributed by atoms with Crippen molar-refractivity contribution in [3.8, 4) is 11.5 Å². The Labute approximate surface area is 117 Å². The molecule has 1 aromatic carbocycles. The van der Waals surface area contributed by atoms with Crippen LogP contribution in [0.15, 0.2) is 23.3 Å². The van der Waals surface area contributed by atoms with Gasteiger partial charge >= 0.3 is 0 Å². The van der Waals surface area contributed by atoms with Crippen LogP contribution in [0.1, 0.15) is 5.56 Å². The highest BCUT2D eigenvalue weighted by Gasteiger charge is 2.04. The summed E-state index contributed by atoms with van der Waals surface area (Å²) in [6.07, 6.45) is 1.46. The third-order valence-electron chi connectivity index (χ3n) is 2.21. The fraction of sp³-hybridized carbons (Fsp3) is 0.333. The summed E-state index contributed by atoms with van der Waals surface area (Å²) in [5.41, 5.74) is 3.17. The van der Waals surface area contributed by atoms with E-state index in [2.05, 4.69) is 15.8 Å². The van der Waals surface area contributed by atoms with Gasteiger partial charge in [0.25, 0.3) is 0 Å². The van der Waals surface area contributed by atoms with Gasteiger partial charge in [0.15, 0.2) is 16.6 Å². The average molecular weight is 283 g/mol. The van der Waals surface area contributed by atoms with Crippen LogP contribution < -0.4 is 15.5 Å². The first kappa shape index (κ1) is 15.2. The number of phenols is 1. The fourth-order valence-electron chi connectivity index (χ4n) is 1.27. The van der Waals surface area contributed by atoms with Crippen LogP contribution >= 0.6 is 12.2 Å². The van der Waals surface area contributed by atoms with Crippen LogP contribution in [0.3, 0.4) is 0 Å². The Hall–Kier alpha value is -1.86. The number of aromatic hydroxyl groups is 1. The van der Waals surface area contributed by atoms with Gasteiger partial charge in [0.2, 0.25) is 0 Å². The molecule has 0 aromatic heterocycles. The van der Waals surface area contributed by atoms with Crippen molar-refractivity contribution in [3.63, 3.8) is 0 Å². The van der Waals surface area contributed by atoms with Gasteiger partial charge in [-0.05, 0) is 24.4 Å². The van der Waals surface area contributed by atoms with Crippen LogP contribution in [-0.4, -0.2) is 43.8 Å². The number of hydrogen-bond acceptors (Lipinski definition) is 5. The van der Waals surface area contributed by atoms with Gasteiger partial charge in [0.1, 0.15) is 0 Å². The third kappa shape index (κ3) is 5.11. The van der Waals surface area contributed by atoms with Gasteiger partial charge in [0.05, 0.1) is 19.9 Å². The highest BCUT2D eigenvalue weighted by molar-refractivity contribution is 7.80. The van der Waals surface area contributed by atoms with Gasteiger partial charge in [-0.1, -0.05) is 6.07 Å². The Morgan fingerprint density at radius 3 is 2.95 bits per heavy atom. The van der Waals surface area contributed by atoms with Crippen LogP contribution in [0.2, 0.25) is 0 Å². The van der Waals surface area contributed by atoms with Crippen molar-refractivity contribution >= 4 is 23.5 Å². The fourth-order valence-corrected chi connectivity index (χ4v) is 1.43. The molecule has 19 heavy (non-hydrogen) atoms. The number of nitrogens with one attached hydrogen (secondary N) is 2. The lowest BCUT2D eigenvalue weighted by molar-refractivity contribution is 0.204. The summed E-state index contributed by atoms with van der Waals surface area (Å²) in [7, 11) is 3.10. The number of hydrogen-bond donors (Lipinski definition) is 3. The zero-order valence-corrected chi connectivity index (χ0v) is 11.7. The molecule has 0 fully saturated rings. The molecule has 0 saturated carbocycles. The predicted octanol–water partition coefficient (Wildman–Crippen LogP) is 0.845. The molecular weight excluding hydrogens is 266 g/mol. The Bertz CT molecular complexity index is 452. The monoisotopic (exact) mass is 283 g/mol. The Kier molecular flexibility index (Phi) is 6.62. The number of benzene rings is 1. The summed E-state index contributed by atoms with van der Waals surface area (Å²) < 4.78 is 9.87. The van der Waals surface area contributed by atoms with E-state index in [0.29, 0.717) is 29.6 Å². The maximum absolute atomic E-state index is 9.82. The average Bonchev–Trinajstić information content (AvgIpc) is 2.41. The first-order valence-electron chi connectivity index (χ1n) is 5.61. The van der Waals surface area contributed by atoms with Crippen molar-refractivity contribution < 1.29 is 14.6 Å².